The minimum atomic E-state index is -0.262. The van der Waals surface area contributed by atoms with Crippen LogP contribution in [0, 0.1) is 11.6 Å². The maximum atomic E-state index is 14.4. The van der Waals surface area contributed by atoms with Gasteiger partial charge in [0.1, 0.15) is 18.2 Å². The molecule has 0 saturated heterocycles. The summed E-state index contributed by atoms with van der Waals surface area (Å²) in [5, 5.41) is 0.902. The molecule has 0 spiro atoms. The quantitative estimate of drug-likeness (QED) is 0.264. The second-order valence-corrected chi connectivity index (χ2v) is 10.3. The molecule has 4 aromatic carbocycles. The molecule has 39 heavy (non-hydrogen) atoms. The Morgan fingerprint density at radius 2 is 1.69 bits per heavy atom. The first-order valence-corrected chi connectivity index (χ1v) is 13.3. The molecule has 5 aromatic rings. The standard InChI is InChI=1S/C33H28F2N2O2/c1-38-30-18-25-22(15-31(30)39-19-20-5-3-2-4-6-20)13-14-37-29(25)17-27-26-16-24(35)11-12-28(26)36-32(27)33(37)21-7-9-23(34)10-8-21/h2-12,15-16,18,29,33,36H,13-14,17,19H2,1H3. The largest absolute Gasteiger partial charge is 0.493 e. The van der Waals surface area contributed by atoms with Gasteiger partial charge >= 0.3 is 0 Å². The highest BCUT2D eigenvalue weighted by Gasteiger charge is 2.41. The number of fused-ring (bicyclic) bond motifs is 6. The zero-order chi connectivity index (χ0) is 26.5. The Kier molecular flexibility index (Phi) is 5.85. The predicted molar refractivity (Wildman–Crippen MR) is 147 cm³/mol. The second-order valence-electron chi connectivity index (χ2n) is 10.3. The number of benzene rings is 4. The average molecular weight is 523 g/mol. The van der Waals surface area contributed by atoms with E-state index in [0.717, 1.165) is 58.4 Å². The van der Waals surface area contributed by atoms with Gasteiger partial charge in [0, 0.05) is 29.2 Å². The van der Waals surface area contributed by atoms with Crippen molar-refractivity contribution in [2.75, 3.05) is 13.7 Å². The molecule has 2 unspecified atom stereocenters. The number of methoxy groups -OCH3 is 1. The van der Waals surface area contributed by atoms with Crippen molar-refractivity contribution in [2.45, 2.75) is 31.5 Å². The Morgan fingerprint density at radius 1 is 0.897 bits per heavy atom. The van der Waals surface area contributed by atoms with E-state index in [-0.39, 0.29) is 23.7 Å². The fourth-order valence-corrected chi connectivity index (χ4v) is 6.33. The summed E-state index contributed by atoms with van der Waals surface area (Å²) >= 11 is 0. The third-order valence-corrected chi connectivity index (χ3v) is 8.15. The lowest BCUT2D eigenvalue weighted by molar-refractivity contribution is 0.127. The first-order valence-electron chi connectivity index (χ1n) is 13.3. The van der Waals surface area contributed by atoms with E-state index in [1.54, 1.807) is 19.2 Å². The summed E-state index contributed by atoms with van der Waals surface area (Å²) in [6.07, 6.45) is 1.58. The average Bonchev–Trinajstić information content (AvgIpc) is 3.32. The van der Waals surface area contributed by atoms with Crippen molar-refractivity contribution in [2.24, 2.45) is 0 Å². The monoisotopic (exact) mass is 522 g/mol. The van der Waals surface area contributed by atoms with Crippen LogP contribution in [0.15, 0.2) is 84.9 Å². The number of hydrogen-bond acceptors (Lipinski definition) is 3. The lowest BCUT2D eigenvalue weighted by Crippen LogP contribution is -2.43. The molecular formula is C33H28F2N2O2. The number of nitrogens with one attached hydrogen (secondary N) is 1. The molecule has 0 radical (unpaired) electrons. The van der Waals surface area contributed by atoms with Gasteiger partial charge in [-0.3, -0.25) is 4.90 Å². The van der Waals surface area contributed by atoms with Gasteiger partial charge < -0.3 is 14.5 Å². The van der Waals surface area contributed by atoms with Crippen molar-refractivity contribution in [3.63, 3.8) is 0 Å². The SMILES string of the molecule is COc1cc2c(cc1OCc1ccccc1)CCN1C2Cc2c([nH]c3ccc(F)cc23)C1c1ccc(F)cc1. The van der Waals surface area contributed by atoms with E-state index < -0.39 is 0 Å². The normalized spacial score (nSPS) is 18.3. The molecule has 7 rings (SSSR count). The molecule has 0 bridgehead atoms. The molecule has 0 amide bonds. The molecule has 2 atom stereocenters. The van der Waals surface area contributed by atoms with E-state index in [1.165, 1.54) is 29.3 Å². The van der Waals surface area contributed by atoms with Crippen molar-refractivity contribution >= 4 is 10.9 Å². The molecule has 4 nitrogen and oxygen atoms in total. The van der Waals surface area contributed by atoms with Crippen LogP contribution in [0.3, 0.4) is 0 Å². The predicted octanol–water partition coefficient (Wildman–Crippen LogP) is 7.28. The fraction of sp³-hybridized carbons (Fsp3) is 0.212. The molecular weight excluding hydrogens is 494 g/mol. The number of aromatic nitrogens is 1. The van der Waals surface area contributed by atoms with Gasteiger partial charge in [0.15, 0.2) is 11.5 Å². The summed E-state index contributed by atoms with van der Waals surface area (Å²) < 4.78 is 40.3. The van der Waals surface area contributed by atoms with Gasteiger partial charge in [-0.2, -0.15) is 0 Å². The number of hydrogen-bond donors (Lipinski definition) is 1. The second kappa shape index (κ2) is 9.54. The Morgan fingerprint density at radius 3 is 2.49 bits per heavy atom. The van der Waals surface area contributed by atoms with Gasteiger partial charge in [0.2, 0.25) is 0 Å². The van der Waals surface area contributed by atoms with Gasteiger partial charge in [0.25, 0.3) is 0 Å². The van der Waals surface area contributed by atoms with E-state index in [9.17, 15) is 8.78 Å². The van der Waals surface area contributed by atoms with Crippen LogP contribution < -0.4 is 9.47 Å². The Hall–Kier alpha value is -4.16. The lowest BCUT2D eigenvalue weighted by atomic mass is 9.80. The molecule has 2 aliphatic heterocycles. The zero-order valence-corrected chi connectivity index (χ0v) is 21.6. The first-order chi connectivity index (χ1) is 19.1. The van der Waals surface area contributed by atoms with Crippen molar-refractivity contribution in [3.05, 3.63) is 130 Å². The van der Waals surface area contributed by atoms with Gasteiger partial charge in [-0.25, -0.2) is 8.78 Å². The molecule has 6 heteroatoms. The van der Waals surface area contributed by atoms with Crippen LogP contribution in [-0.2, 0) is 19.4 Å². The van der Waals surface area contributed by atoms with Crippen molar-refractivity contribution < 1.29 is 18.3 Å². The van der Waals surface area contributed by atoms with Crippen molar-refractivity contribution in [1.82, 2.24) is 9.88 Å². The number of rotatable bonds is 5. The number of nitrogens with zero attached hydrogens (tertiary/aromatic N) is 1. The number of H-pyrrole nitrogens is 1. The lowest BCUT2D eigenvalue weighted by Gasteiger charge is -2.46. The number of ether oxygens (including phenoxy) is 2. The Bertz CT molecular complexity index is 1660. The maximum Gasteiger partial charge on any atom is 0.161 e. The Labute approximate surface area is 225 Å². The van der Waals surface area contributed by atoms with Crippen LogP contribution in [0.25, 0.3) is 10.9 Å². The van der Waals surface area contributed by atoms with Crippen LogP contribution in [0.5, 0.6) is 11.5 Å². The molecule has 0 fully saturated rings. The van der Waals surface area contributed by atoms with Crippen LogP contribution in [0.1, 0.15) is 45.6 Å². The highest BCUT2D eigenvalue weighted by atomic mass is 19.1. The molecule has 0 aliphatic carbocycles. The van der Waals surface area contributed by atoms with Gasteiger partial charge in [-0.1, -0.05) is 42.5 Å². The molecule has 1 N–H and O–H groups in total. The summed E-state index contributed by atoms with van der Waals surface area (Å²) in [5.41, 5.74) is 7.59. The molecule has 1 aromatic heterocycles. The summed E-state index contributed by atoms with van der Waals surface area (Å²) in [7, 11) is 1.67. The summed E-state index contributed by atoms with van der Waals surface area (Å²) in [6, 6.07) is 25.9. The van der Waals surface area contributed by atoms with E-state index in [1.807, 2.05) is 42.5 Å². The third kappa shape index (κ3) is 4.16. The molecule has 0 saturated carbocycles. The Balaban J connectivity index is 1.32. The van der Waals surface area contributed by atoms with Crippen LogP contribution >= 0.6 is 0 Å². The van der Waals surface area contributed by atoms with Crippen LogP contribution in [0.4, 0.5) is 8.78 Å². The highest BCUT2D eigenvalue weighted by molar-refractivity contribution is 5.85. The molecule has 196 valence electrons. The van der Waals surface area contributed by atoms with E-state index in [0.29, 0.717) is 12.4 Å². The minimum absolute atomic E-state index is 0.0515. The smallest absolute Gasteiger partial charge is 0.161 e. The number of halogens is 2. The van der Waals surface area contributed by atoms with Crippen LogP contribution in [-0.4, -0.2) is 23.5 Å². The van der Waals surface area contributed by atoms with Crippen molar-refractivity contribution in [3.8, 4) is 11.5 Å². The first kappa shape index (κ1) is 23.9. The number of aromatic amines is 1. The van der Waals surface area contributed by atoms with Crippen molar-refractivity contribution in [1.29, 1.82) is 0 Å². The van der Waals surface area contributed by atoms with Gasteiger partial charge in [-0.15, -0.1) is 0 Å². The zero-order valence-electron chi connectivity index (χ0n) is 21.6. The highest BCUT2D eigenvalue weighted by Crippen LogP contribution is 2.49. The fourth-order valence-electron chi connectivity index (χ4n) is 6.33. The summed E-state index contributed by atoms with van der Waals surface area (Å²) in [5.74, 6) is 0.910. The van der Waals surface area contributed by atoms with Gasteiger partial charge in [0.05, 0.1) is 13.2 Å². The third-order valence-electron chi connectivity index (χ3n) is 8.15. The minimum Gasteiger partial charge on any atom is -0.493 e. The summed E-state index contributed by atoms with van der Waals surface area (Å²) in [4.78, 5) is 6.06. The molecule has 3 heterocycles. The molecule has 2 aliphatic rings. The topological polar surface area (TPSA) is 37.5 Å². The summed E-state index contributed by atoms with van der Waals surface area (Å²) in [6.45, 7) is 1.29. The van der Waals surface area contributed by atoms with Gasteiger partial charge in [-0.05, 0) is 83.1 Å². The van der Waals surface area contributed by atoms with E-state index in [4.69, 9.17) is 9.47 Å². The maximum absolute atomic E-state index is 14.4. The van der Waals surface area contributed by atoms with E-state index >= 15 is 0 Å². The van der Waals surface area contributed by atoms with Crippen LogP contribution in [0.2, 0.25) is 0 Å². The van der Waals surface area contributed by atoms with E-state index in [2.05, 4.69) is 22.0 Å².